The summed E-state index contributed by atoms with van der Waals surface area (Å²) in [5.74, 6) is 1.76. The molecule has 0 aliphatic carbocycles. The number of halogens is 1. The molecule has 2 heterocycles. The van der Waals surface area contributed by atoms with Crippen LogP contribution in [0.15, 0.2) is 29.7 Å². The molecule has 0 aromatic heterocycles. The molecule has 3 rings (SSSR count). The van der Waals surface area contributed by atoms with Gasteiger partial charge in [0.15, 0.2) is 0 Å². The molecule has 0 radical (unpaired) electrons. The van der Waals surface area contributed by atoms with Gasteiger partial charge in [-0.25, -0.2) is 0 Å². The molecule has 2 aliphatic heterocycles. The smallest absolute Gasteiger partial charge is 0.275 e. The predicted octanol–water partition coefficient (Wildman–Crippen LogP) is 0.927. The Morgan fingerprint density at radius 3 is 2.70 bits per heavy atom. The van der Waals surface area contributed by atoms with Gasteiger partial charge in [-0.2, -0.15) is 0 Å². The highest BCUT2D eigenvalue weighted by Crippen LogP contribution is 2.32. The van der Waals surface area contributed by atoms with Gasteiger partial charge >= 0.3 is 0 Å². The summed E-state index contributed by atoms with van der Waals surface area (Å²) in [6.07, 6.45) is 0.892. The molecule has 4 N–H and O–H groups in total. The third-order valence-electron chi connectivity index (χ3n) is 4.94. The first-order chi connectivity index (χ1) is 12.8. The highest BCUT2D eigenvalue weighted by Gasteiger charge is 2.42. The minimum atomic E-state index is -1.53. The SMILES string of the molecule is CCC1CN(C)C2=C(N[C@@](N)(Cl)NC2=O)N1Cc1ccc(OC)cc1OC. The summed E-state index contributed by atoms with van der Waals surface area (Å²) in [6.45, 7) is 3.36. The highest BCUT2D eigenvalue weighted by molar-refractivity contribution is 6.24. The number of likely N-dealkylation sites (N-methyl/N-ethyl adjacent to an activating group) is 1. The number of nitrogens with zero attached hydrogens (tertiary/aromatic N) is 2. The molecule has 0 saturated heterocycles. The van der Waals surface area contributed by atoms with E-state index in [0.717, 1.165) is 23.5 Å². The number of carbonyl (C=O) groups is 1. The normalized spacial score (nSPS) is 25.0. The zero-order valence-electron chi connectivity index (χ0n) is 16.0. The van der Waals surface area contributed by atoms with Crippen molar-refractivity contribution in [3.05, 3.63) is 35.3 Å². The quantitative estimate of drug-likeness (QED) is 0.504. The van der Waals surface area contributed by atoms with E-state index in [-0.39, 0.29) is 11.9 Å². The fraction of sp³-hybridized carbons (Fsp3) is 0.500. The second kappa shape index (κ2) is 7.36. The number of alkyl halides is 1. The third-order valence-corrected chi connectivity index (χ3v) is 5.12. The van der Waals surface area contributed by atoms with Gasteiger partial charge < -0.3 is 29.9 Å². The highest BCUT2D eigenvalue weighted by atomic mass is 35.5. The van der Waals surface area contributed by atoms with Crippen molar-refractivity contribution in [2.24, 2.45) is 5.73 Å². The first-order valence-corrected chi connectivity index (χ1v) is 9.18. The summed E-state index contributed by atoms with van der Waals surface area (Å²) in [4.78, 5) is 16.6. The van der Waals surface area contributed by atoms with Crippen molar-refractivity contribution in [1.29, 1.82) is 0 Å². The van der Waals surface area contributed by atoms with Crippen LogP contribution < -0.4 is 25.8 Å². The number of nitrogens with two attached hydrogens (primary N) is 1. The van der Waals surface area contributed by atoms with Crippen LogP contribution in [-0.2, 0) is 11.3 Å². The van der Waals surface area contributed by atoms with Crippen molar-refractivity contribution >= 4 is 17.5 Å². The van der Waals surface area contributed by atoms with Crippen LogP contribution in [0.2, 0.25) is 0 Å². The van der Waals surface area contributed by atoms with Crippen molar-refractivity contribution in [2.45, 2.75) is 31.2 Å². The molecule has 9 heteroatoms. The molecule has 1 aromatic carbocycles. The van der Waals surface area contributed by atoms with Crippen LogP contribution in [0.1, 0.15) is 18.9 Å². The molecular weight excluding hydrogens is 370 g/mol. The molecule has 8 nitrogen and oxygen atoms in total. The molecule has 148 valence electrons. The Balaban J connectivity index is 2.02. The van der Waals surface area contributed by atoms with Crippen molar-refractivity contribution in [3.8, 4) is 11.5 Å². The molecule has 1 aromatic rings. The number of nitrogens with one attached hydrogen (secondary N) is 2. The number of hydrogen-bond acceptors (Lipinski definition) is 7. The van der Waals surface area contributed by atoms with Gasteiger partial charge in [-0.3, -0.25) is 10.5 Å². The zero-order chi connectivity index (χ0) is 19.8. The molecular formula is C18H26ClN5O3. The van der Waals surface area contributed by atoms with E-state index in [2.05, 4.69) is 22.5 Å². The van der Waals surface area contributed by atoms with Crippen LogP contribution in [0.4, 0.5) is 0 Å². The van der Waals surface area contributed by atoms with Gasteiger partial charge in [-0.05, 0) is 18.6 Å². The maximum absolute atomic E-state index is 12.6. The summed E-state index contributed by atoms with van der Waals surface area (Å²) in [5, 5.41) is 4.09. The van der Waals surface area contributed by atoms with Crippen LogP contribution in [0.25, 0.3) is 0 Å². The van der Waals surface area contributed by atoms with Crippen molar-refractivity contribution < 1.29 is 14.3 Å². The summed E-state index contributed by atoms with van der Waals surface area (Å²) >= 11 is 6.21. The largest absolute Gasteiger partial charge is 0.497 e. The standard InChI is InChI=1S/C18H26ClN5O3/c1-5-12-10-23(2)15-16(21-18(19,20)22-17(15)25)24(12)9-11-6-7-13(26-3)8-14(11)27-4/h6-8,12,21H,5,9-10,20H2,1-4H3,(H,22,25)/t12?,18-/m0/s1. The van der Waals surface area contributed by atoms with E-state index in [1.165, 1.54) is 0 Å². The number of hydrogen-bond donors (Lipinski definition) is 3. The molecule has 2 atom stereocenters. The number of rotatable bonds is 5. The monoisotopic (exact) mass is 395 g/mol. The second-order valence-electron chi connectivity index (χ2n) is 6.74. The fourth-order valence-electron chi connectivity index (χ4n) is 3.57. The van der Waals surface area contributed by atoms with Gasteiger partial charge in [-0.1, -0.05) is 18.5 Å². The maximum atomic E-state index is 12.6. The van der Waals surface area contributed by atoms with Gasteiger partial charge in [0.25, 0.3) is 5.91 Å². The topological polar surface area (TPSA) is 92.1 Å². The van der Waals surface area contributed by atoms with Crippen LogP contribution >= 0.6 is 11.6 Å². The van der Waals surface area contributed by atoms with E-state index >= 15 is 0 Å². The third kappa shape index (κ3) is 3.72. The van der Waals surface area contributed by atoms with E-state index < -0.39 is 5.25 Å². The molecule has 0 bridgehead atoms. The number of benzene rings is 1. The molecule has 0 spiro atoms. The Labute approximate surface area is 164 Å². The Morgan fingerprint density at radius 2 is 2.07 bits per heavy atom. The summed E-state index contributed by atoms with van der Waals surface area (Å²) in [5.41, 5.74) is 7.45. The average Bonchev–Trinajstić information content (AvgIpc) is 2.62. The van der Waals surface area contributed by atoms with Crippen LogP contribution in [-0.4, -0.2) is 54.8 Å². The van der Waals surface area contributed by atoms with E-state index in [9.17, 15) is 4.79 Å². The molecule has 1 unspecified atom stereocenters. The van der Waals surface area contributed by atoms with Gasteiger partial charge in [-0.15, -0.1) is 0 Å². The van der Waals surface area contributed by atoms with Crippen LogP contribution in [0.5, 0.6) is 11.5 Å². The average molecular weight is 396 g/mol. The lowest BCUT2D eigenvalue weighted by molar-refractivity contribution is -0.122. The Morgan fingerprint density at radius 1 is 1.33 bits per heavy atom. The van der Waals surface area contributed by atoms with E-state index in [0.29, 0.717) is 24.6 Å². The van der Waals surface area contributed by atoms with E-state index in [1.54, 1.807) is 14.2 Å². The zero-order valence-corrected chi connectivity index (χ0v) is 16.8. The van der Waals surface area contributed by atoms with Crippen LogP contribution in [0, 0.1) is 0 Å². The minimum Gasteiger partial charge on any atom is -0.497 e. The molecule has 1 amide bonds. The number of amides is 1. The molecule has 27 heavy (non-hydrogen) atoms. The van der Waals surface area contributed by atoms with Gasteiger partial charge in [0.2, 0.25) is 5.25 Å². The first kappa shape index (κ1) is 19.4. The second-order valence-corrected chi connectivity index (χ2v) is 7.33. The van der Waals surface area contributed by atoms with E-state index in [1.807, 2.05) is 30.1 Å². The number of carbonyl (C=O) groups excluding carboxylic acids is 1. The van der Waals surface area contributed by atoms with Gasteiger partial charge in [0.05, 0.1) is 14.2 Å². The van der Waals surface area contributed by atoms with E-state index in [4.69, 9.17) is 26.8 Å². The van der Waals surface area contributed by atoms with Gasteiger partial charge in [0.1, 0.15) is 23.0 Å². The predicted molar refractivity (Wildman–Crippen MR) is 103 cm³/mol. The summed E-state index contributed by atoms with van der Waals surface area (Å²) in [7, 11) is 5.13. The Bertz CT molecular complexity index is 767. The first-order valence-electron chi connectivity index (χ1n) is 8.81. The van der Waals surface area contributed by atoms with Crippen molar-refractivity contribution in [3.63, 3.8) is 0 Å². The fourth-order valence-corrected chi connectivity index (χ4v) is 3.74. The van der Waals surface area contributed by atoms with Crippen molar-refractivity contribution in [1.82, 2.24) is 20.4 Å². The maximum Gasteiger partial charge on any atom is 0.275 e. The molecule has 2 aliphatic rings. The summed E-state index contributed by atoms with van der Waals surface area (Å²) in [6, 6.07) is 5.87. The molecule has 0 saturated carbocycles. The number of ether oxygens (including phenoxy) is 2. The lowest BCUT2D eigenvalue weighted by Crippen LogP contribution is -2.69. The summed E-state index contributed by atoms with van der Waals surface area (Å²) < 4.78 is 10.8. The lowest BCUT2D eigenvalue weighted by atomic mass is 10.0. The minimum absolute atomic E-state index is 0.173. The Hall–Kier alpha value is -2.32. The van der Waals surface area contributed by atoms with Crippen LogP contribution in [0.3, 0.4) is 0 Å². The number of methoxy groups -OCH3 is 2. The van der Waals surface area contributed by atoms with Gasteiger partial charge in [0, 0.05) is 37.8 Å². The van der Waals surface area contributed by atoms with Crippen molar-refractivity contribution in [2.75, 3.05) is 27.8 Å². The lowest BCUT2D eigenvalue weighted by Gasteiger charge is -2.48. The Kier molecular flexibility index (Phi) is 5.30. The molecule has 0 fully saturated rings.